The number of aromatic nitrogens is 2. The SMILES string of the molecule is Cc1noc(-c2ccc(C=CC(=O)NCC3CCCC3(C)C)cc2)n1. The molecular formula is C20H25N3O2. The molecule has 0 aliphatic heterocycles. The van der Waals surface area contributed by atoms with Gasteiger partial charge in [0.1, 0.15) is 0 Å². The Bertz CT molecular complexity index is 760. The second-order valence-electron chi connectivity index (χ2n) is 7.42. The highest BCUT2D eigenvalue weighted by Gasteiger charge is 2.34. The third-order valence-corrected chi connectivity index (χ3v) is 5.11. The average molecular weight is 339 g/mol. The number of amides is 1. The van der Waals surface area contributed by atoms with Crippen LogP contribution in [-0.2, 0) is 4.79 Å². The van der Waals surface area contributed by atoms with E-state index in [2.05, 4.69) is 29.3 Å². The fraction of sp³-hybridized carbons (Fsp3) is 0.450. The van der Waals surface area contributed by atoms with Crippen molar-refractivity contribution in [2.75, 3.05) is 6.54 Å². The molecule has 25 heavy (non-hydrogen) atoms. The monoisotopic (exact) mass is 339 g/mol. The fourth-order valence-electron chi connectivity index (χ4n) is 3.38. The van der Waals surface area contributed by atoms with Gasteiger partial charge in [0.25, 0.3) is 5.89 Å². The minimum atomic E-state index is -0.0423. The summed E-state index contributed by atoms with van der Waals surface area (Å²) in [7, 11) is 0. The van der Waals surface area contributed by atoms with Gasteiger partial charge in [0.2, 0.25) is 5.91 Å². The van der Waals surface area contributed by atoms with E-state index in [0.717, 1.165) is 17.7 Å². The molecule has 1 aromatic heterocycles. The molecule has 1 aromatic carbocycles. The largest absolute Gasteiger partial charge is 0.352 e. The van der Waals surface area contributed by atoms with Crippen LogP contribution in [0.1, 0.15) is 44.5 Å². The Morgan fingerprint density at radius 1 is 1.36 bits per heavy atom. The number of nitrogens with zero attached hydrogens (tertiary/aromatic N) is 2. The van der Waals surface area contributed by atoms with Crippen molar-refractivity contribution in [2.24, 2.45) is 11.3 Å². The number of carbonyl (C=O) groups is 1. The lowest BCUT2D eigenvalue weighted by molar-refractivity contribution is -0.116. The van der Waals surface area contributed by atoms with Gasteiger partial charge in [-0.15, -0.1) is 0 Å². The maximum atomic E-state index is 12.0. The van der Waals surface area contributed by atoms with E-state index in [-0.39, 0.29) is 5.91 Å². The predicted molar refractivity (Wildman–Crippen MR) is 97.6 cm³/mol. The van der Waals surface area contributed by atoms with E-state index in [0.29, 0.717) is 23.0 Å². The first kappa shape index (κ1) is 17.4. The normalized spacial score (nSPS) is 19.4. The predicted octanol–water partition coefficient (Wildman–Crippen LogP) is 4.00. The first-order valence-corrected chi connectivity index (χ1v) is 8.81. The lowest BCUT2D eigenvalue weighted by Gasteiger charge is -2.26. The van der Waals surface area contributed by atoms with Gasteiger partial charge in [-0.1, -0.05) is 37.6 Å². The molecule has 1 atom stereocenters. The van der Waals surface area contributed by atoms with Crippen molar-refractivity contribution in [1.82, 2.24) is 15.5 Å². The summed E-state index contributed by atoms with van der Waals surface area (Å²) in [4.78, 5) is 16.2. The highest BCUT2D eigenvalue weighted by Crippen LogP contribution is 2.41. The molecule has 1 fully saturated rings. The van der Waals surface area contributed by atoms with Crippen LogP contribution >= 0.6 is 0 Å². The van der Waals surface area contributed by atoms with Gasteiger partial charge in [-0.25, -0.2) is 0 Å². The van der Waals surface area contributed by atoms with Crippen molar-refractivity contribution in [3.05, 3.63) is 41.7 Å². The lowest BCUT2D eigenvalue weighted by Crippen LogP contribution is -2.32. The van der Waals surface area contributed by atoms with E-state index in [9.17, 15) is 4.79 Å². The van der Waals surface area contributed by atoms with Gasteiger partial charge in [0, 0.05) is 18.2 Å². The minimum absolute atomic E-state index is 0.0423. The Kier molecular flexibility index (Phi) is 5.02. The van der Waals surface area contributed by atoms with Gasteiger partial charge in [-0.2, -0.15) is 4.98 Å². The van der Waals surface area contributed by atoms with E-state index in [1.54, 1.807) is 13.0 Å². The van der Waals surface area contributed by atoms with Gasteiger partial charge in [0.15, 0.2) is 5.82 Å². The van der Waals surface area contributed by atoms with Crippen LogP contribution in [0.5, 0.6) is 0 Å². The van der Waals surface area contributed by atoms with Gasteiger partial charge >= 0.3 is 0 Å². The second kappa shape index (κ2) is 7.21. The van der Waals surface area contributed by atoms with Crippen molar-refractivity contribution < 1.29 is 9.32 Å². The molecule has 132 valence electrons. The van der Waals surface area contributed by atoms with Crippen LogP contribution < -0.4 is 5.32 Å². The second-order valence-corrected chi connectivity index (χ2v) is 7.42. The molecule has 1 heterocycles. The van der Waals surface area contributed by atoms with Gasteiger partial charge in [-0.3, -0.25) is 4.79 Å². The third-order valence-electron chi connectivity index (χ3n) is 5.11. The van der Waals surface area contributed by atoms with Crippen molar-refractivity contribution in [3.63, 3.8) is 0 Å². The Labute approximate surface area is 148 Å². The van der Waals surface area contributed by atoms with Gasteiger partial charge in [-0.05, 0) is 54.9 Å². The molecule has 0 saturated heterocycles. The molecule has 1 N–H and O–H groups in total. The Morgan fingerprint density at radius 3 is 2.72 bits per heavy atom. The van der Waals surface area contributed by atoms with Gasteiger partial charge in [0.05, 0.1) is 0 Å². The first-order chi connectivity index (χ1) is 11.9. The van der Waals surface area contributed by atoms with Gasteiger partial charge < -0.3 is 9.84 Å². The first-order valence-electron chi connectivity index (χ1n) is 8.81. The van der Waals surface area contributed by atoms with E-state index in [4.69, 9.17) is 4.52 Å². The lowest BCUT2D eigenvalue weighted by atomic mass is 9.82. The highest BCUT2D eigenvalue weighted by molar-refractivity contribution is 5.91. The molecule has 1 aliphatic carbocycles. The molecule has 5 heteroatoms. The van der Waals surface area contributed by atoms with Crippen molar-refractivity contribution in [3.8, 4) is 11.5 Å². The van der Waals surface area contributed by atoms with Crippen molar-refractivity contribution >= 4 is 12.0 Å². The minimum Gasteiger partial charge on any atom is -0.352 e. The third kappa shape index (κ3) is 4.35. The summed E-state index contributed by atoms with van der Waals surface area (Å²) in [6.07, 6.45) is 7.12. The van der Waals surface area contributed by atoms with Crippen LogP contribution in [0.3, 0.4) is 0 Å². The van der Waals surface area contributed by atoms with Crippen LogP contribution in [0.2, 0.25) is 0 Å². The standard InChI is InChI=1S/C20H25N3O2/c1-14-22-19(25-23-14)16-9-6-15(7-10-16)8-11-18(24)21-13-17-5-4-12-20(17,2)3/h6-11,17H,4-5,12-13H2,1-3H3,(H,21,24). The van der Waals surface area contributed by atoms with E-state index in [1.165, 1.54) is 19.3 Å². The van der Waals surface area contributed by atoms with Crippen LogP contribution in [0.4, 0.5) is 0 Å². The Balaban J connectivity index is 1.54. The quantitative estimate of drug-likeness (QED) is 0.836. The molecule has 0 bridgehead atoms. The van der Waals surface area contributed by atoms with Crippen LogP contribution in [-0.4, -0.2) is 22.6 Å². The molecular weight excluding hydrogens is 314 g/mol. The molecule has 3 rings (SSSR count). The average Bonchev–Trinajstić information content (AvgIpc) is 3.16. The number of aryl methyl sites for hydroxylation is 1. The van der Waals surface area contributed by atoms with Crippen LogP contribution in [0.25, 0.3) is 17.5 Å². The van der Waals surface area contributed by atoms with E-state index < -0.39 is 0 Å². The molecule has 1 aliphatic rings. The zero-order chi connectivity index (χ0) is 17.9. The molecule has 5 nitrogen and oxygen atoms in total. The van der Waals surface area contributed by atoms with Crippen LogP contribution in [0, 0.1) is 18.3 Å². The molecule has 2 aromatic rings. The number of rotatable bonds is 5. The Morgan fingerprint density at radius 2 is 2.12 bits per heavy atom. The van der Waals surface area contributed by atoms with Crippen LogP contribution in [0.15, 0.2) is 34.9 Å². The number of carbonyl (C=O) groups excluding carboxylic acids is 1. The highest BCUT2D eigenvalue weighted by atomic mass is 16.5. The molecule has 1 amide bonds. The summed E-state index contributed by atoms with van der Waals surface area (Å²) in [5.41, 5.74) is 2.15. The molecule has 0 radical (unpaired) electrons. The van der Waals surface area contributed by atoms with Crippen molar-refractivity contribution in [2.45, 2.75) is 40.0 Å². The zero-order valence-electron chi connectivity index (χ0n) is 15.1. The van der Waals surface area contributed by atoms with E-state index in [1.807, 2.05) is 30.3 Å². The summed E-state index contributed by atoms with van der Waals surface area (Å²) in [5, 5.41) is 6.82. The fourth-order valence-corrected chi connectivity index (χ4v) is 3.38. The smallest absolute Gasteiger partial charge is 0.257 e. The maximum absolute atomic E-state index is 12.0. The Hall–Kier alpha value is -2.43. The summed E-state index contributed by atoms with van der Waals surface area (Å²) in [5.74, 6) is 1.65. The van der Waals surface area contributed by atoms with Crippen molar-refractivity contribution in [1.29, 1.82) is 0 Å². The summed E-state index contributed by atoms with van der Waals surface area (Å²) >= 11 is 0. The molecule has 0 spiro atoms. The zero-order valence-corrected chi connectivity index (χ0v) is 15.1. The molecule has 1 unspecified atom stereocenters. The van der Waals surface area contributed by atoms with E-state index >= 15 is 0 Å². The summed E-state index contributed by atoms with van der Waals surface area (Å²) in [6, 6.07) is 7.68. The number of hydrogen-bond donors (Lipinski definition) is 1. The summed E-state index contributed by atoms with van der Waals surface area (Å²) in [6.45, 7) is 7.12. The number of hydrogen-bond acceptors (Lipinski definition) is 4. The number of benzene rings is 1. The summed E-state index contributed by atoms with van der Waals surface area (Å²) < 4.78 is 5.14. The molecule has 1 saturated carbocycles. The number of nitrogens with one attached hydrogen (secondary N) is 1. The maximum Gasteiger partial charge on any atom is 0.257 e. The topological polar surface area (TPSA) is 68.0 Å².